The molecule has 1 heterocycles. The summed E-state index contributed by atoms with van der Waals surface area (Å²) >= 11 is 0. The molecule has 0 aliphatic heterocycles. The molecule has 0 spiro atoms. The van der Waals surface area contributed by atoms with E-state index in [-0.39, 0.29) is 17.8 Å². The van der Waals surface area contributed by atoms with Crippen molar-refractivity contribution in [2.75, 3.05) is 6.61 Å². The van der Waals surface area contributed by atoms with Crippen molar-refractivity contribution < 1.29 is 18.7 Å². The van der Waals surface area contributed by atoms with Gasteiger partial charge in [0.05, 0.1) is 11.9 Å². The minimum absolute atomic E-state index is 0.183. The maximum absolute atomic E-state index is 13.6. The molecule has 27 heavy (non-hydrogen) atoms. The van der Waals surface area contributed by atoms with Gasteiger partial charge < -0.3 is 9.63 Å². The molecule has 146 valence electrons. The molecule has 1 aromatic carbocycles. The summed E-state index contributed by atoms with van der Waals surface area (Å²) in [7, 11) is -3.55. The lowest BCUT2D eigenvalue weighted by molar-refractivity contribution is 0.284. The fourth-order valence-electron chi connectivity index (χ4n) is 2.68. The van der Waals surface area contributed by atoms with Crippen LogP contribution in [0.4, 0.5) is 0 Å². The number of aromatic hydroxyl groups is 1. The van der Waals surface area contributed by atoms with Crippen LogP contribution in [0.3, 0.4) is 0 Å². The molecule has 0 aliphatic carbocycles. The molecular formula is C21H28NO4P. The summed E-state index contributed by atoms with van der Waals surface area (Å²) < 4.78 is 25.1. The van der Waals surface area contributed by atoms with Crippen molar-refractivity contribution in [3.63, 3.8) is 0 Å². The molecule has 1 unspecified atom stereocenters. The van der Waals surface area contributed by atoms with Gasteiger partial charge in [-0.25, -0.2) is 4.57 Å². The highest BCUT2D eigenvalue weighted by atomic mass is 31.2. The Bertz CT molecular complexity index is 841. The maximum atomic E-state index is 13.6. The number of aromatic nitrogens is 1. The van der Waals surface area contributed by atoms with Crippen molar-refractivity contribution in [2.45, 2.75) is 46.5 Å². The normalized spacial score (nSPS) is 14.6. The Morgan fingerprint density at radius 3 is 2.56 bits per heavy atom. The topological polar surface area (TPSA) is 68.7 Å². The molecule has 1 N–H and O–H groups in total. The third kappa shape index (κ3) is 5.44. The molecule has 0 amide bonds. The van der Waals surface area contributed by atoms with E-state index in [1.165, 1.54) is 0 Å². The predicted molar refractivity (Wildman–Crippen MR) is 109 cm³/mol. The number of phenolic OH excluding ortho intramolecular Hbond substituents is 1. The largest absolute Gasteiger partial charge is 0.508 e. The molecule has 0 aliphatic rings. The Morgan fingerprint density at radius 1 is 1.26 bits per heavy atom. The summed E-state index contributed by atoms with van der Waals surface area (Å²) in [6.07, 6.45) is 5.70. The molecule has 1 aromatic heterocycles. The van der Waals surface area contributed by atoms with Crippen molar-refractivity contribution in [3.05, 3.63) is 59.2 Å². The van der Waals surface area contributed by atoms with Crippen molar-refractivity contribution >= 4 is 13.7 Å². The van der Waals surface area contributed by atoms with E-state index in [4.69, 9.17) is 9.05 Å². The van der Waals surface area contributed by atoms with Gasteiger partial charge in [0.25, 0.3) is 0 Å². The summed E-state index contributed by atoms with van der Waals surface area (Å²) in [6.45, 7) is 9.93. The summed E-state index contributed by atoms with van der Waals surface area (Å²) in [5.74, 6) is 0.586. The number of hydrogen-bond acceptors (Lipinski definition) is 5. The first-order chi connectivity index (χ1) is 12.7. The lowest BCUT2D eigenvalue weighted by Gasteiger charge is -2.24. The van der Waals surface area contributed by atoms with E-state index in [1.54, 1.807) is 43.6 Å². The highest BCUT2D eigenvalue weighted by Gasteiger charge is 2.31. The lowest BCUT2D eigenvalue weighted by Crippen LogP contribution is -2.11. The van der Waals surface area contributed by atoms with Gasteiger partial charge in [-0.15, -0.1) is 0 Å². The van der Waals surface area contributed by atoms with Crippen molar-refractivity contribution in [1.82, 2.24) is 4.98 Å². The number of hydrogen-bond donors (Lipinski definition) is 1. The fraction of sp³-hybridized carbons (Fsp3) is 0.381. The van der Waals surface area contributed by atoms with E-state index in [0.717, 1.165) is 11.1 Å². The van der Waals surface area contributed by atoms with Crippen LogP contribution in [0.1, 0.15) is 52.2 Å². The lowest BCUT2D eigenvalue weighted by atomic mass is 9.86. The smallest absolute Gasteiger partial charge is 0.406 e. The molecule has 1 atom stereocenters. The fourth-order valence-corrected chi connectivity index (χ4v) is 4.44. The number of benzene rings is 1. The highest BCUT2D eigenvalue weighted by Crippen LogP contribution is 2.57. The first-order valence-corrected chi connectivity index (χ1v) is 10.6. The Kier molecular flexibility index (Phi) is 6.85. The second kappa shape index (κ2) is 8.73. The average Bonchev–Trinajstić information content (AvgIpc) is 2.61. The number of nitrogens with zero attached hydrogens (tertiary/aromatic N) is 1. The molecule has 0 saturated carbocycles. The molecular weight excluding hydrogens is 361 g/mol. The van der Waals surface area contributed by atoms with Crippen LogP contribution in [0, 0.1) is 0 Å². The summed E-state index contributed by atoms with van der Waals surface area (Å²) in [4.78, 5) is 4.09. The van der Waals surface area contributed by atoms with Crippen LogP contribution in [0.2, 0.25) is 0 Å². The van der Waals surface area contributed by atoms with Crippen LogP contribution >= 0.6 is 7.60 Å². The zero-order valence-corrected chi connectivity index (χ0v) is 17.5. The van der Waals surface area contributed by atoms with Crippen LogP contribution in [0.15, 0.2) is 48.0 Å². The van der Waals surface area contributed by atoms with Gasteiger partial charge in [0.15, 0.2) is 0 Å². The van der Waals surface area contributed by atoms with Gasteiger partial charge in [0, 0.05) is 18.0 Å². The first-order valence-electron chi connectivity index (χ1n) is 9.08. The SMILES string of the molecule is CCOP(=O)(Oc1ccc(O)c(C(C)(C)C)c1)/C(=C/c1cccnc1)CC. The molecule has 5 nitrogen and oxygen atoms in total. The van der Waals surface area contributed by atoms with Crippen LogP contribution in [-0.4, -0.2) is 16.7 Å². The summed E-state index contributed by atoms with van der Waals surface area (Å²) in [6, 6.07) is 8.59. The van der Waals surface area contributed by atoms with Gasteiger partial charge >= 0.3 is 7.60 Å². The minimum Gasteiger partial charge on any atom is -0.508 e. The van der Waals surface area contributed by atoms with Crippen LogP contribution in [-0.2, 0) is 14.5 Å². The number of allylic oxidation sites excluding steroid dienone is 1. The van der Waals surface area contributed by atoms with E-state index in [1.807, 2.05) is 39.8 Å². The molecule has 0 saturated heterocycles. The van der Waals surface area contributed by atoms with Gasteiger partial charge in [-0.2, -0.15) is 0 Å². The van der Waals surface area contributed by atoms with Gasteiger partial charge in [-0.05, 0) is 54.7 Å². The Balaban J connectivity index is 2.44. The summed E-state index contributed by atoms with van der Waals surface area (Å²) in [5.41, 5.74) is 1.27. The third-order valence-corrected chi connectivity index (χ3v) is 6.23. The third-order valence-electron chi connectivity index (χ3n) is 4.03. The summed E-state index contributed by atoms with van der Waals surface area (Å²) in [5, 5.41) is 10.7. The molecule has 0 fully saturated rings. The molecule has 6 heteroatoms. The number of pyridine rings is 1. The van der Waals surface area contributed by atoms with Crippen LogP contribution in [0.5, 0.6) is 11.5 Å². The Hall–Kier alpha value is -2.10. The van der Waals surface area contributed by atoms with Crippen molar-refractivity contribution in [2.24, 2.45) is 0 Å². The Labute approximate surface area is 161 Å². The Morgan fingerprint density at radius 2 is 2.00 bits per heavy atom. The molecule has 2 aromatic rings. The molecule has 0 radical (unpaired) electrons. The van der Waals surface area contributed by atoms with Crippen LogP contribution in [0.25, 0.3) is 6.08 Å². The van der Waals surface area contributed by atoms with Crippen molar-refractivity contribution in [3.8, 4) is 11.5 Å². The van der Waals surface area contributed by atoms with E-state index < -0.39 is 7.60 Å². The average molecular weight is 389 g/mol. The van der Waals surface area contributed by atoms with Crippen molar-refractivity contribution in [1.29, 1.82) is 0 Å². The number of phenols is 1. The first kappa shape index (κ1) is 21.2. The van der Waals surface area contributed by atoms with E-state index in [2.05, 4.69) is 4.98 Å². The second-order valence-electron chi connectivity index (χ2n) is 7.21. The van der Waals surface area contributed by atoms with Gasteiger partial charge in [-0.1, -0.05) is 33.8 Å². The monoisotopic (exact) mass is 389 g/mol. The van der Waals surface area contributed by atoms with Crippen LogP contribution < -0.4 is 4.52 Å². The van der Waals surface area contributed by atoms with Gasteiger partial charge in [-0.3, -0.25) is 9.51 Å². The van der Waals surface area contributed by atoms with E-state index in [9.17, 15) is 9.67 Å². The highest BCUT2D eigenvalue weighted by molar-refractivity contribution is 7.59. The zero-order valence-electron chi connectivity index (χ0n) is 16.6. The van der Waals surface area contributed by atoms with E-state index >= 15 is 0 Å². The van der Waals surface area contributed by atoms with Gasteiger partial charge in [0.1, 0.15) is 11.5 Å². The zero-order chi connectivity index (χ0) is 20.1. The maximum Gasteiger partial charge on any atom is 0.406 e. The minimum atomic E-state index is -3.55. The van der Waals surface area contributed by atoms with Gasteiger partial charge in [0.2, 0.25) is 0 Å². The standard InChI is InChI=1S/C21H28NO4P/c1-6-18(13-16-9-8-12-22-15-16)27(24,25-7-2)26-17-10-11-20(23)19(14-17)21(3,4)5/h8-15,23H,6-7H2,1-5H3/b18-13+. The number of rotatable bonds is 7. The molecule has 2 rings (SSSR count). The van der Waals surface area contributed by atoms with E-state index in [0.29, 0.717) is 17.5 Å². The second-order valence-corrected chi connectivity index (χ2v) is 9.22. The quantitative estimate of drug-likeness (QED) is 0.576. The predicted octanol–water partition coefficient (Wildman–Crippen LogP) is 6.14. The molecule has 0 bridgehead atoms.